The van der Waals surface area contributed by atoms with Crippen LogP contribution in [0.1, 0.15) is 32.3 Å². The molecule has 0 atom stereocenters. The van der Waals surface area contributed by atoms with Crippen LogP contribution in [0.2, 0.25) is 0 Å². The highest BCUT2D eigenvalue weighted by Gasteiger charge is 2.14. The number of hydrogen-bond donors (Lipinski definition) is 1. The van der Waals surface area contributed by atoms with Gasteiger partial charge in [0.2, 0.25) is 5.76 Å². The molecule has 0 spiro atoms. The SMILES string of the molecule is Cc1cccc(C)c1OCc1ccc(C(=O)O/N=C(\N)c2cccs2)o1. The summed E-state index contributed by atoms with van der Waals surface area (Å²) in [4.78, 5) is 17.5. The molecule has 1 aromatic carbocycles. The lowest BCUT2D eigenvalue weighted by Gasteiger charge is -2.10. The molecule has 0 saturated carbocycles. The van der Waals surface area contributed by atoms with Crippen molar-refractivity contribution in [1.82, 2.24) is 0 Å². The molecule has 0 saturated heterocycles. The minimum absolute atomic E-state index is 0.0350. The van der Waals surface area contributed by atoms with Gasteiger partial charge in [-0.1, -0.05) is 29.4 Å². The zero-order chi connectivity index (χ0) is 18.5. The molecule has 0 aliphatic carbocycles. The fraction of sp³-hybridized carbons (Fsp3) is 0.158. The second-order valence-corrected chi connectivity index (χ2v) is 6.56. The topological polar surface area (TPSA) is 87.0 Å². The van der Waals surface area contributed by atoms with E-state index in [2.05, 4.69) is 5.16 Å². The molecule has 0 amide bonds. The van der Waals surface area contributed by atoms with E-state index in [0.717, 1.165) is 21.8 Å². The number of ether oxygens (including phenoxy) is 1. The highest BCUT2D eigenvalue weighted by atomic mass is 32.1. The first-order valence-electron chi connectivity index (χ1n) is 7.91. The van der Waals surface area contributed by atoms with Gasteiger partial charge in [-0.2, -0.15) is 0 Å². The second-order valence-electron chi connectivity index (χ2n) is 5.61. The van der Waals surface area contributed by atoms with Gasteiger partial charge < -0.3 is 19.7 Å². The number of carbonyl (C=O) groups excluding carboxylic acids is 1. The Morgan fingerprint density at radius 2 is 1.92 bits per heavy atom. The Kier molecular flexibility index (Phi) is 5.38. The lowest BCUT2D eigenvalue weighted by molar-refractivity contribution is 0.0475. The van der Waals surface area contributed by atoms with Crippen LogP contribution in [0.3, 0.4) is 0 Å². The molecule has 2 aromatic heterocycles. The van der Waals surface area contributed by atoms with Gasteiger partial charge in [-0.05, 0) is 48.6 Å². The van der Waals surface area contributed by atoms with E-state index in [9.17, 15) is 4.79 Å². The van der Waals surface area contributed by atoms with Gasteiger partial charge in [0.05, 0.1) is 4.88 Å². The number of nitrogens with two attached hydrogens (primary N) is 1. The summed E-state index contributed by atoms with van der Waals surface area (Å²) in [5.74, 6) is 0.769. The third-order valence-electron chi connectivity index (χ3n) is 3.63. The maximum absolute atomic E-state index is 12.0. The van der Waals surface area contributed by atoms with Crippen LogP contribution in [-0.4, -0.2) is 11.8 Å². The number of amidine groups is 1. The maximum atomic E-state index is 12.0. The quantitative estimate of drug-likeness (QED) is 0.306. The molecular weight excluding hydrogens is 352 g/mol. The molecule has 2 N–H and O–H groups in total. The van der Waals surface area contributed by atoms with Crippen LogP contribution in [0.5, 0.6) is 5.75 Å². The van der Waals surface area contributed by atoms with Crippen LogP contribution in [0.25, 0.3) is 0 Å². The first kappa shape index (κ1) is 17.8. The number of furan rings is 1. The van der Waals surface area contributed by atoms with E-state index in [1.165, 1.54) is 17.4 Å². The summed E-state index contributed by atoms with van der Waals surface area (Å²) in [6.45, 7) is 4.16. The van der Waals surface area contributed by atoms with E-state index in [0.29, 0.717) is 5.76 Å². The Morgan fingerprint density at radius 1 is 1.15 bits per heavy atom. The Labute approximate surface area is 154 Å². The van der Waals surface area contributed by atoms with Gasteiger partial charge in [-0.3, -0.25) is 0 Å². The summed E-state index contributed by atoms with van der Waals surface area (Å²) in [5.41, 5.74) is 7.82. The minimum atomic E-state index is -0.720. The number of aryl methyl sites for hydroxylation is 2. The Morgan fingerprint density at radius 3 is 2.62 bits per heavy atom. The molecule has 0 radical (unpaired) electrons. The predicted octanol–water partition coefficient (Wildman–Crippen LogP) is 4.01. The fourth-order valence-corrected chi connectivity index (χ4v) is 2.96. The number of para-hydroxylation sites is 1. The molecular formula is C19H18N2O4S. The highest BCUT2D eigenvalue weighted by molar-refractivity contribution is 7.12. The van der Waals surface area contributed by atoms with Crippen molar-refractivity contribution in [2.75, 3.05) is 0 Å². The number of thiophene rings is 1. The van der Waals surface area contributed by atoms with Gasteiger partial charge in [-0.15, -0.1) is 11.3 Å². The van der Waals surface area contributed by atoms with E-state index in [-0.39, 0.29) is 18.2 Å². The van der Waals surface area contributed by atoms with Crippen LogP contribution in [0, 0.1) is 13.8 Å². The Bertz CT molecular complexity index is 909. The monoisotopic (exact) mass is 370 g/mol. The van der Waals surface area contributed by atoms with Crippen LogP contribution >= 0.6 is 11.3 Å². The minimum Gasteiger partial charge on any atom is -0.485 e. The van der Waals surface area contributed by atoms with Gasteiger partial charge in [-0.25, -0.2) is 4.79 Å². The van der Waals surface area contributed by atoms with E-state index in [4.69, 9.17) is 19.7 Å². The predicted molar refractivity (Wildman–Crippen MR) is 99.4 cm³/mol. The normalized spacial score (nSPS) is 11.4. The number of hydrogen-bond acceptors (Lipinski definition) is 6. The fourth-order valence-electron chi connectivity index (χ4n) is 2.34. The lowest BCUT2D eigenvalue weighted by Crippen LogP contribution is -2.13. The van der Waals surface area contributed by atoms with E-state index in [1.807, 2.05) is 43.5 Å². The molecule has 0 aliphatic rings. The maximum Gasteiger partial charge on any atom is 0.400 e. The molecule has 6 nitrogen and oxygen atoms in total. The molecule has 3 aromatic rings. The summed E-state index contributed by atoms with van der Waals surface area (Å²) in [5, 5.41) is 5.49. The summed E-state index contributed by atoms with van der Waals surface area (Å²) >= 11 is 1.40. The van der Waals surface area contributed by atoms with Crippen molar-refractivity contribution >= 4 is 23.1 Å². The Hall–Kier alpha value is -3.06. The van der Waals surface area contributed by atoms with Crippen molar-refractivity contribution < 1.29 is 18.8 Å². The van der Waals surface area contributed by atoms with Crippen LogP contribution in [-0.2, 0) is 11.4 Å². The number of nitrogens with zero attached hydrogens (tertiary/aromatic N) is 1. The average molecular weight is 370 g/mol. The first-order valence-corrected chi connectivity index (χ1v) is 8.79. The molecule has 0 bridgehead atoms. The van der Waals surface area contributed by atoms with Crippen molar-refractivity contribution in [3.05, 3.63) is 75.4 Å². The Balaban J connectivity index is 1.60. The summed E-state index contributed by atoms with van der Waals surface area (Å²) in [6, 6.07) is 12.7. The van der Waals surface area contributed by atoms with Gasteiger partial charge in [0, 0.05) is 0 Å². The lowest BCUT2D eigenvalue weighted by atomic mass is 10.1. The zero-order valence-corrected chi connectivity index (χ0v) is 15.2. The number of benzene rings is 1. The van der Waals surface area contributed by atoms with E-state index >= 15 is 0 Å². The largest absolute Gasteiger partial charge is 0.485 e. The molecule has 0 aliphatic heterocycles. The van der Waals surface area contributed by atoms with Gasteiger partial charge >= 0.3 is 5.97 Å². The molecule has 7 heteroatoms. The number of oxime groups is 1. The van der Waals surface area contributed by atoms with Gasteiger partial charge in [0.1, 0.15) is 18.1 Å². The second kappa shape index (κ2) is 7.88. The third-order valence-corrected chi connectivity index (χ3v) is 4.52. The zero-order valence-electron chi connectivity index (χ0n) is 14.4. The average Bonchev–Trinajstić information content (AvgIpc) is 3.31. The van der Waals surface area contributed by atoms with Crippen molar-refractivity contribution in [3.63, 3.8) is 0 Å². The summed E-state index contributed by atoms with van der Waals surface area (Å²) in [7, 11) is 0. The van der Waals surface area contributed by atoms with Crippen LogP contribution < -0.4 is 10.5 Å². The van der Waals surface area contributed by atoms with E-state index in [1.54, 1.807) is 12.1 Å². The van der Waals surface area contributed by atoms with Crippen molar-refractivity contribution in [2.24, 2.45) is 10.9 Å². The standard InChI is InChI=1S/C19H18N2O4S/c1-12-5-3-6-13(2)17(12)23-11-14-8-9-15(24-14)19(22)25-21-18(20)16-7-4-10-26-16/h3-10H,11H2,1-2H3,(H2,20,21). The molecule has 2 heterocycles. The van der Waals surface area contributed by atoms with Gasteiger partial charge in [0.25, 0.3) is 0 Å². The van der Waals surface area contributed by atoms with Crippen LogP contribution in [0.15, 0.2) is 57.4 Å². The third kappa shape index (κ3) is 4.12. The highest BCUT2D eigenvalue weighted by Crippen LogP contribution is 2.24. The first-order chi connectivity index (χ1) is 12.5. The summed E-state index contributed by atoms with van der Waals surface area (Å²) in [6.07, 6.45) is 0. The van der Waals surface area contributed by atoms with Gasteiger partial charge in [0.15, 0.2) is 5.84 Å². The molecule has 3 rings (SSSR count). The molecule has 26 heavy (non-hydrogen) atoms. The number of carbonyl (C=O) groups is 1. The molecule has 0 unspecified atom stereocenters. The van der Waals surface area contributed by atoms with Crippen molar-refractivity contribution in [2.45, 2.75) is 20.5 Å². The number of rotatable bonds is 6. The van der Waals surface area contributed by atoms with E-state index < -0.39 is 5.97 Å². The summed E-state index contributed by atoms with van der Waals surface area (Å²) < 4.78 is 11.3. The van der Waals surface area contributed by atoms with Crippen molar-refractivity contribution in [3.8, 4) is 5.75 Å². The molecule has 134 valence electrons. The molecule has 0 fully saturated rings. The van der Waals surface area contributed by atoms with Crippen molar-refractivity contribution in [1.29, 1.82) is 0 Å². The smallest absolute Gasteiger partial charge is 0.400 e. The van der Waals surface area contributed by atoms with Crippen LogP contribution in [0.4, 0.5) is 0 Å².